The van der Waals surface area contributed by atoms with E-state index in [1.165, 1.54) is 6.92 Å². The van der Waals surface area contributed by atoms with Crippen LogP contribution in [-0.4, -0.2) is 29.8 Å². The smallest absolute Gasteiger partial charge is 0.317 e. The van der Waals surface area contributed by atoms with Crippen LogP contribution in [-0.2, 0) is 9.59 Å². The topological polar surface area (TPSA) is 144 Å². The lowest BCUT2D eigenvalue weighted by atomic mass is 10.2. The molecule has 0 radical (unpaired) electrons. The molecule has 0 unspecified atom stereocenters. The van der Waals surface area contributed by atoms with Gasteiger partial charge in [-0.15, -0.1) is 0 Å². The summed E-state index contributed by atoms with van der Waals surface area (Å²) in [5.74, 6) is -1.08. The van der Waals surface area contributed by atoms with Gasteiger partial charge in [-0.25, -0.2) is 0 Å². The Balaban J connectivity index is 0. The minimum atomic E-state index is -0.968. The van der Waals surface area contributed by atoms with Gasteiger partial charge in [-0.3, -0.25) is 14.4 Å². The van der Waals surface area contributed by atoms with Crippen molar-refractivity contribution in [3.05, 3.63) is 29.8 Å². The molecule has 100 valence electrons. The molecule has 7 heteroatoms. The molecule has 7 N–H and O–H groups in total. The summed E-state index contributed by atoms with van der Waals surface area (Å²) in [6.07, 6.45) is 0.761. The van der Waals surface area contributed by atoms with Crippen molar-refractivity contribution >= 4 is 23.9 Å². The summed E-state index contributed by atoms with van der Waals surface area (Å²) in [6.45, 7) is 1.16. The van der Waals surface area contributed by atoms with Crippen molar-refractivity contribution in [3.8, 4) is 0 Å². The molecule has 0 fully saturated rings. The van der Waals surface area contributed by atoms with Crippen molar-refractivity contribution in [2.45, 2.75) is 6.92 Å². The first kappa shape index (κ1) is 18.1. The molecule has 1 aromatic carbocycles. The molecule has 7 nitrogen and oxygen atoms in total. The Morgan fingerprint density at radius 2 is 1.78 bits per heavy atom. The number of rotatable bonds is 3. The van der Waals surface area contributed by atoms with E-state index in [2.05, 4.69) is 11.1 Å². The van der Waals surface area contributed by atoms with Crippen molar-refractivity contribution < 1.29 is 19.5 Å². The fourth-order valence-corrected chi connectivity index (χ4v) is 0.848. The standard InChI is InChI=1S/C9H9NO2.C2H5NO2.H3N/c1-7(12)10-9-4-2-8(6-11)3-5-9;3-1-2(4)5;/h2-6H,1H3,(H,10,12);1,3H2,(H,4,5);1H3. The Kier molecular flexibility index (Phi) is 10.0. The van der Waals surface area contributed by atoms with E-state index >= 15 is 0 Å². The van der Waals surface area contributed by atoms with Crippen LogP contribution in [0.25, 0.3) is 0 Å². The van der Waals surface area contributed by atoms with Gasteiger partial charge < -0.3 is 22.3 Å². The fraction of sp³-hybridized carbons (Fsp3) is 0.182. The maximum Gasteiger partial charge on any atom is 0.317 e. The van der Waals surface area contributed by atoms with Crippen LogP contribution in [0.15, 0.2) is 24.3 Å². The van der Waals surface area contributed by atoms with Gasteiger partial charge in [0.2, 0.25) is 5.91 Å². The number of nitrogens with one attached hydrogen (secondary N) is 1. The maximum absolute atomic E-state index is 10.6. The van der Waals surface area contributed by atoms with E-state index in [9.17, 15) is 14.4 Å². The SMILES string of the molecule is CC(=O)Nc1ccc(C=O)cc1.N.NCC(=O)O. The summed E-state index contributed by atoms with van der Waals surface area (Å²) in [6, 6.07) is 6.67. The van der Waals surface area contributed by atoms with Crippen LogP contribution in [0.4, 0.5) is 5.69 Å². The average Bonchev–Trinajstić information content (AvgIpc) is 2.30. The number of nitrogens with two attached hydrogens (primary N) is 1. The molecule has 0 saturated heterocycles. The number of benzene rings is 1. The first-order chi connectivity index (χ1) is 7.99. The molecule has 18 heavy (non-hydrogen) atoms. The lowest BCUT2D eigenvalue weighted by molar-refractivity contribution is -0.135. The number of aliphatic carboxylic acids is 1. The molecule has 1 amide bonds. The highest BCUT2D eigenvalue weighted by atomic mass is 16.4. The largest absolute Gasteiger partial charge is 0.480 e. The van der Waals surface area contributed by atoms with Gasteiger partial charge in [0.05, 0.1) is 6.54 Å². The van der Waals surface area contributed by atoms with Gasteiger partial charge in [0.25, 0.3) is 0 Å². The zero-order valence-corrected chi connectivity index (χ0v) is 10.1. The minimum Gasteiger partial charge on any atom is -0.480 e. The maximum atomic E-state index is 10.6. The monoisotopic (exact) mass is 255 g/mol. The van der Waals surface area contributed by atoms with E-state index in [1.807, 2.05) is 0 Å². The highest BCUT2D eigenvalue weighted by Crippen LogP contribution is 2.07. The van der Waals surface area contributed by atoms with Gasteiger partial charge in [-0.2, -0.15) is 0 Å². The third-order valence-electron chi connectivity index (χ3n) is 1.54. The summed E-state index contributed by atoms with van der Waals surface area (Å²) in [5, 5.41) is 10.2. The van der Waals surface area contributed by atoms with Crippen LogP contribution >= 0.6 is 0 Å². The second-order valence-corrected chi connectivity index (χ2v) is 3.02. The van der Waals surface area contributed by atoms with Crippen molar-refractivity contribution in [2.75, 3.05) is 11.9 Å². The highest BCUT2D eigenvalue weighted by Gasteiger charge is 1.94. The molecule has 0 saturated carbocycles. The van der Waals surface area contributed by atoms with E-state index in [0.29, 0.717) is 11.3 Å². The summed E-state index contributed by atoms with van der Waals surface area (Å²) in [4.78, 5) is 30.1. The van der Waals surface area contributed by atoms with Crippen LogP contribution in [0.3, 0.4) is 0 Å². The fourth-order valence-electron chi connectivity index (χ4n) is 0.848. The molecule has 1 aromatic rings. The van der Waals surface area contributed by atoms with Crippen LogP contribution in [0.2, 0.25) is 0 Å². The zero-order valence-electron chi connectivity index (χ0n) is 10.1. The first-order valence-electron chi connectivity index (χ1n) is 4.74. The van der Waals surface area contributed by atoms with Gasteiger partial charge in [0.1, 0.15) is 6.29 Å². The number of aldehydes is 1. The van der Waals surface area contributed by atoms with E-state index in [-0.39, 0.29) is 18.6 Å². The predicted octanol–water partition coefficient (Wildman–Crippen LogP) is 0.649. The third-order valence-corrected chi connectivity index (χ3v) is 1.54. The third kappa shape index (κ3) is 9.01. The van der Waals surface area contributed by atoms with E-state index in [0.717, 1.165) is 6.29 Å². The molecular weight excluding hydrogens is 238 g/mol. The Morgan fingerprint density at radius 1 is 1.33 bits per heavy atom. The van der Waals surface area contributed by atoms with E-state index in [1.54, 1.807) is 24.3 Å². The second kappa shape index (κ2) is 9.94. The van der Waals surface area contributed by atoms with Crippen molar-refractivity contribution in [2.24, 2.45) is 5.73 Å². The number of carboxylic acid groups (broad SMARTS) is 1. The van der Waals surface area contributed by atoms with E-state index < -0.39 is 5.97 Å². The summed E-state index contributed by atoms with van der Waals surface area (Å²) < 4.78 is 0. The van der Waals surface area contributed by atoms with Crippen LogP contribution in [0.1, 0.15) is 17.3 Å². The van der Waals surface area contributed by atoms with Gasteiger partial charge in [0.15, 0.2) is 0 Å². The van der Waals surface area contributed by atoms with Crippen molar-refractivity contribution in [1.82, 2.24) is 6.15 Å². The summed E-state index contributed by atoms with van der Waals surface area (Å²) in [5.41, 5.74) is 5.87. The zero-order chi connectivity index (χ0) is 13.3. The Labute approximate surface area is 105 Å². The van der Waals surface area contributed by atoms with Crippen LogP contribution in [0, 0.1) is 0 Å². The van der Waals surface area contributed by atoms with E-state index in [4.69, 9.17) is 5.11 Å². The molecular formula is C11H17N3O4. The Bertz CT molecular complexity index is 390. The molecule has 0 heterocycles. The molecule has 0 aliphatic rings. The number of carboxylic acids is 1. The normalized spacial score (nSPS) is 8.11. The number of carbonyl (C=O) groups is 3. The van der Waals surface area contributed by atoms with Gasteiger partial charge >= 0.3 is 5.97 Å². The first-order valence-corrected chi connectivity index (χ1v) is 4.74. The molecule has 0 spiro atoms. The van der Waals surface area contributed by atoms with Crippen LogP contribution < -0.4 is 17.2 Å². The number of anilines is 1. The average molecular weight is 255 g/mol. The lowest BCUT2D eigenvalue weighted by Crippen LogP contribution is -2.10. The molecule has 0 bridgehead atoms. The molecule has 0 aliphatic carbocycles. The molecule has 1 rings (SSSR count). The molecule has 0 aliphatic heterocycles. The van der Waals surface area contributed by atoms with Crippen LogP contribution in [0.5, 0.6) is 0 Å². The van der Waals surface area contributed by atoms with Gasteiger partial charge in [-0.05, 0) is 24.3 Å². The quantitative estimate of drug-likeness (QED) is 0.583. The second-order valence-electron chi connectivity index (χ2n) is 3.02. The van der Waals surface area contributed by atoms with Gasteiger partial charge in [0, 0.05) is 18.2 Å². The number of hydrogen-bond acceptors (Lipinski definition) is 5. The summed E-state index contributed by atoms with van der Waals surface area (Å²) >= 11 is 0. The number of carbonyl (C=O) groups excluding carboxylic acids is 2. The van der Waals surface area contributed by atoms with Crippen molar-refractivity contribution in [3.63, 3.8) is 0 Å². The Hall–Kier alpha value is -2.25. The minimum absolute atomic E-state index is 0. The van der Waals surface area contributed by atoms with Gasteiger partial charge in [-0.1, -0.05) is 0 Å². The molecule has 0 atom stereocenters. The Morgan fingerprint density at radius 3 is 2.06 bits per heavy atom. The number of hydrogen-bond donors (Lipinski definition) is 4. The highest BCUT2D eigenvalue weighted by molar-refractivity contribution is 5.89. The molecule has 0 aromatic heterocycles. The lowest BCUT2D eigenvalue weighted by Gasteiger charge is -2.00. The summed E-state index contributed by atoms with van der Waals surface area (Å²) in [7, 11) is 0. The number of amides is 1. The predicted molar refractivity (Wildman–Crippen MR) is 67.8 cm³/mol. The van der Waals surface area contributed by atoms with Crippen molar-refractivity contribution in [1.29, 1.82) is 0 Å².